The minimum absolute atomic E-state index is 0.0602. The summed E-state index contributed by atoms with van der Waals surface area (Å²) >= 11 is 6.13. The number of halogens is 1. The maximum Gasteiger partial charge on any atom is 0.300 e. The van der Waals surface area contributed by atoms with Gasteiger partial charge in [0.2, 0.25) is 0 Å². The van der Waals surface area contributed by atoms with Crippen LogP contribution in [0.5, 0.6) is 0 Å². The zero-order valence-electron chi connectivity index (χ0n) is 15.7. The molecular formula is C24H18ClNO3. The highest BCUT2D eigenvalue weighted by Crippen LogP contribution is 2.42. The Bertz CT molecular complexity index is 1120. The highest BCUT2D eigenvalue weighted by molar-refractivity contribution is 6.51. The van der Waals surface area contributed by atoms with Gasteiger partial charge in [0.05, 0.1) is 11.6 Å². The molecule has 0 bridgehead atoms. The third-order valence-corrected chi connectivity index (χ3v) is 5.21. The number of benzene rings is 3. The Morgan fingerprint density at radius 3 is 2.28 bits per heavy atom. The van der Waals surface area contributed by atoms with Gasteiger partial charge in [0, 0.05) is 16.3 Å². The van der Waals surface area contributed by atoms with E-state index in [2.05, 4.69) is 0 Å². The lowest BCUT2D eigenvalue weighted by molar-refractivity contribution is -0.132. The number of anilines is 1. The van der Waals surface area contributed by atoms with E-state index < -0.39 is 17.7 Å². The van der Waals surface area contributed by atoms with Gasteiger partial charge in [0.1, 0.15) is 5.76 Å². The first-order chi connectivity index (χ1) is 14.0. The molecule has 1 heterocycles. The smallest absolute Gasteiger partial charge is 0.300 e. The number of hydrogen-bond acceptors (Lipinski definition) is 3. The summed E-state index contributed by atoms with van der Waals surface area (Å²) < 4.78 is 0. The molecule has 1 N–H and O–H groups in total. The third kappa shape index (κ3) is 3.43. The number of carbonyl (C=O) groups is 2. The molecule has 0 aromatic heterocycles. The second-order valence-electron chi connectivity index (χ2n) is 6.93. The van der Waals surface area contributed by atoms with Gasteiger partial charge < -0.3 is 5.11 Å². The molecule has 1 fully saturated rings. The minimum Gasteiger partial charge on any atom is -0.507 e. The quantitative estimate of drug-likeness (QED) is 0.368. The summed E-state index contributed by atoms with van der Waals surface area (Å²) in [7, 11) is 0. The predicted octanol–water partition coefficient (Wildman–Crippen LogP) is 5.27. The van der Waals surface area contributed by atoms with Crippen molar-refractivity contribution in [1.29, 1.82) is 0 Å². The molecule has 1 atom stereocenters. The summed E-state index contributed by atoms with van der Waals surface area (Å²) in [6, 6.07) is 22.4. The number of carbonyl (C=O) groups excluding carboxylic acids is 2. The molecule has 1 amide bonds. The van der Waals surface area contributed by atoms with Gasteiger partial charge in [0.15, 0.2) is 0 Å². The Morgan fingerprint density at radius 2 is 1.62 bits per heavy atom. The van der Waals surface area contributed by atoms with E-state index in [9.17, 15) is 14.7 Å². The van der Waals surface area contributed by atoms with Crippen molar-refractivity contribution in [2.24, 2.45) is 0 Å². The first kappa shape index (κ1) is 19.0. The standard InChI is InChI=1S/C24H18ClNO3/c1-15-10-12-17(13-11-15)22(27)20-21(16-6-3-2-4-7-16)26(24(29)23(20)28)19-9-5-8-18(25)14-19/h2-14,21,27H,1H3/b22-20+. The van der Waals surface area contributed by atoms with Gasteiger partial charge >= 0.3 is 0 Å². The molecule has 1 aliphatic heterocycles. The van der Waals surface area contributed by atoms with E-state index >= 15 is 0 Å². The van der Waals surface area contributed by atoms with Gasteiger partial charge in [-0.25, -0.2) is 0 Å². The highest BCUT2D eigenvalue weighted by Gasteiger charge is 2.46. The number of nitrogens with zero attached hydrogens (tertiary/aromatic N) is 1. The van der Waals surface area contributed by atoms with Crippen LogP contribution in [0.4, 0.5) is 5.69 Å². The Hall–Kier alpha value is -3.37. The molecule has 0 saturated carbocycles. The Kier molecular flexibility index (Phi) is 4.95. The van der Waals surface area contributed by atoms with Crippen LogP contribution in [0.25, 0.3) is 5.76 Å². The molecule has 5 heteroatoms. The van der Waals surface area contributed by atoms with Crippen molar-refractivity contribution < 1.29 is 14.7 Å². The fourth-order valence-corrected chi connectivity index (χ4v) is 3.73. The van der Waals surface area contributed by atoms with E-state index in [1.807, 2.05) is 49.4 Å². The van der Waals surface area contributed by atoms with Crippen molar-refractivity contribution in [3.05, 3.63) is 106 Å². The summed E-state index contributed by atoms with van der Waals surface area (Å²) in [5.74, 6) is -1.62. The molecule has 0 radical (unpaired) electrons. The van der Waals surface area contributed by atoms with Crippen molar-refractivity contribution in [3.8, 4) is 0 Å². The molecule has 3 aromatic carbocycles. The van der Waals surface area contributed by atoms with Gasteiger partial charge in [0.25, 0.3) is 11.7 Å². The van der Waals surface area contributed by atoms with Gasteiger partial charge in [-0.3, -0.25) is 14.5 Å². The van der Waals surface area contributed by atoms with E-state index in [0.717, 1.165) is 11.1 Å². The van der Waals surface area contributed by atoms with Crippen LogP contribution in [0, 0.1) is 6.92 Å². The second-order valence-corrected chi connectivity index (χ2v) is 7.36. The van der Waals surface area contributed by atoms with E-state index in [1.54, 1.807) is 36.4 Å². The number of aryl methyl sites for hydroxylation is 1. The average molecular weight is 404 g/mol. The molecule has 144 valence electrons. The first-order valence-corrected chi connectivity index (χ1v) is 9.53. The van der Waals surface area contributed by atoms with Crippen molar-refractivity contribution in [1.82, 2.24) is 0 Å². The van der Waals surface area contributed by atoms with E-state index in [0.29, 0.717) is 16.3 Å². The Balaban J connectivity index is 1.94. The lowest BCUT2D eigenvalue weighted by atomic mass is 9.95. The minimum atomic E-state index is -0.754. The average Bonchev–Trinajstić information content (AvgIpc) is 2.99. The van der Waals surface area contributed by atoms with Crippen molar-refractivity contribution in [3.63, 3.8) is 0 Å². The van der Waals surface area contributed by atoms with Gasteiger partial charge in [-0.2, -0.15) is 0 Å². The largest absolute Gasteiger partial charge is 0.507 e. The van der Waals surface area contributed by atoms with Crippen LogP contribution in [0.15, 0.2) is 84.4 Å². The Labute approximate surface area is 173 Å². The van der Waals surface area contributed by atoms with Gasteiger partial charge in [-0.1, -0.05) is 77.8 Å². The molecule has 1 unspecified atom stereocenters. The van der Waals surface area contributed by atoms with E-state index in [-0.39, 0.29) is 11.3 Å². The van der Waals surface area contributed by atoms with E-state index in [1.165, 1.54) is 4.90 Å². The molecule has 4 nitrogen and oxygen atoms in total. The van der Waals surface area contributed by atoms with Gasteiger partial charge in [-0.15, -0.1) is 0 Å². The third-order valence-electron chi connectivity index (χ3n) is 4.97. The number of ketones is 1. The molecule has 0 spiro atoms. The van der Waals surface area contributed by atoms with Crippen LogP contribution in [0.1, 0.15) is 22.7 Å². The van der Waals surface area contributed by atoms with Gasteiger partial charge in [-0.05, 0) is 30.7 Å². The Morgan fingerprint density at radius 1 is 0.931 bits per heavy atom. The van der Waals surface area contributed by atoms with E-state index in [4.69, 9.17) is 11.6 Å². The summed E-state index contributed by atoms with van der Waals surface area (Å²) in [6.45, 7) is 1.94. The monoisotopic (exact) mass is 403 g/mol. The maximum absolute atomic E-state index is 13.0. The second kappa shape index (κ2) is 7.57. The molecule has 3 aromatic rings. The number of aliphatic hydroxyl groups excluding tert-OH is 1. The molecule has 1 saturated heterocycles. The summed E-state index contributed by atoms with van der Waals surface area (Å²) in [4.78, 5) is 27.4. The first-order valence-electron chi connectivity index (χ1n) is 9.16. The molecular weight excluding hydrogens is 386 g/mol. The van der Waals surface area contributed by atoms with Crippen molar-refractivity contribution >= 4 is 34.7 Å². The highest BCUT2D eigenvalue weighted by atomic mass is 35.5. The number of aliphatic hydroxyl groups is 1. The van der Waals surface area contributed by atoms with Crippen LogP contribution in [0.3, 0.4) is 0 Å². The number of amides is 1. The lowest BCUT2D eigenvalue weighted by Crippen LogP contribution is -2.29. The molecule has 4 rings (SSSR count). The number of rotatable bonds is 3. The van der Waals surface area contributed by atoms with Crippen LogP contribution in [-0.4, -0.2) is 16.8 Å². The SMILES string of the molecule is Cc1ccc(/C(O)=C2\C(=O)C(=O)N(c3cccc(Cl)c3)C2c2ccccc2)cc1. The summed E-state index contributed by atoms with van der Waals surface area (Å²) in [5, 5.41) is 11.5. The number of hydrogen-bond donors (Lipinski definition) is 1. The van der Waals surface area contributed by atoms with Crippen LogP contribution in [0.2, 0.25) is 5.02 Å². The number of Topliss-reactive ketones (excluding diaryl/α,β-unsaturated/α-hetero) is 1. The summed E-state index contributed by atoms with van der Waals surface area (Å²) in [5.41, 5.74) is 2.79. The normalized spacial score (nSPS) is 18.3. The summed E-state index contributed by atoms with van der Waals surface area (Å²) in [6.07, 6.45) is 0. The topological polar surface area (TPSA) is 57.6 Å². The molecule has 29 heavy (non-hydrogen) atoms. The van der Waals surface area contributed by atoms with Crippen molar-refractivity contribution in [2.45, 2.75) is 13.0 Å². The molecule has 1 aliphatic rings. The molecule has 0 aliphatic carbocycles. The zero-order chi connectivity index (χ0) is 20.5. The van der Waals surface area contributed by atoms with Crippen molar-refractivity contribution in [2.75, 3.05) is 4.90 Å². The fraction of sp³-hybridized carbons (Fsp3) is 0.0833. The zero-order valence-corrected chi connectivity index (χ0v) is 16.4. The predicted molar refractivity (Wildman–Crippen MR) is 114 cm³/mol. The fourth-order valence-electron chi connectivity index (χ4n) is 3.54. The van der Waals surface area contributed by atoms with Crippen LogP contribution < -0.4 is 4.90 Å². The van der Waals surface area contributed by atoms with Crippen LogP contribution in [-0.2, 0) is 9.59 Å². The maximum atomic E-state index is 13.0. The van der Waals surface area contributed by atoms with Crippen LogP contribution >= 0.6 is 11.6 Å². The lowest BCUT2D eigenvalue weighted by Gasteiger charge is -2.25.